The van der Waals surface area contributed by atoms with Crippen molar-refractivity contribution in [3.05, 3.63) is 0 Å². The van der Waals surface area contributed by atoms with Crippen LogP contribution in [0.1, 0.15) is 25.7 Å². The highest BCUT2D eigenvalue weighted by Gasteiger charge is 2.14. The van der Waals surface area contributed by atoms with Gasteiger partial charge in [-0.05, 0) is 30.3 Å². The van der Waals surface area contributed by atoms with Crippen LogP contribution in [0.5, 0.6) is 0 Å². The maximum Gasteiger partial charge on any atom is 0.0431 e. The van der Waals surface area contributed by atoms with Crippen LogP contribution in [-0.4, -0.2) is 28.5 Å². The molecule has 0 amide bonds. The highest BCUT2D eigenvalue weighted by atomic mass is 32.1. The Hall–Kier alpha value is 1.01. The molecule has 13 heavy (non-hydrogen) atoms. The third-order valence-corrected chi connectivity index (χ3v) is 3.79. The number of thiol groups is 3. The van der Waals surface area contributed by atoms with E-state index in [-0.39, 0.29) is 0 Å². The van der Waals surface area contributed by atoms with Crippen molar-refractivity contribution in [2.24, 2.45) is 5.92 Å². The van der Waals surface area contributed by atoms with Crippen molar-refractivity contribution in [2.45, 2.75) is 30.9 Å². The molecule has 0 spiro atoms. The first-order chi connectivity index (χ1) is 6.26. The van der Waals surface area contributed by atoms with Crippen molar-refractivity contribution in [1.29, 1.82) is 0 Å². The molecule has 1 N–H and O–H groups in total. The molecular formula is C9H20OS3. The molecule has 4 heteroatoms. The highest BCUT2D eigenvalue weighted by Crippen LogP contribution is 2.19. The predicted octanol–water partition coefficient (Wildman–Crippen LogP) is 2.31. The molecule has 1 nitrogen and oxygen atoms in total. The average Bonchev–Trinajstić information content (AvgIpc) is 2.14. The van der Waals surface area contributed by atoms with Crippen molar-refractivity contribution in [3.63, 3.8) is 0 Å². The van der Waals surface area contributed by atoms with E-state index in [0.717, 1.165) is 37.2 Å². The average molecular weight is 240 g/mol. The minimum Gasteiger partial charge on any atom is -0.396 e. The molecule has 0 saturated carbocycles. The first-order valence-electron chi connectivity index (χ1n) is 4.76. The maximum atomic E-state index is 8.59. The van der Waals surface area contributed by atoms with Gasteiger partial charge >= 0.3 is 0 Å². The summed E-state index contributed by atoms with van der Waals surface area (Å²) in [5.41, 5.74) is 0. The molecule has 1 unspecified atom stereocenters. The van der Waals surface area contributed by atoms with Crippen LogP contribution in [0.2, 0.25) is 0 Å². The fourth-order valence-corrected chi connectivity index (χ4v) is 2.88. The van der Waals surface area contributed by atoms with Crippen LogP contribution < -0.4 is 0 Å². The lowest BCUT2D eigenvalue weighted by Gasteiger charge is -2.19. The van der Waals surface area contributed by atoms with E-state index in [4.69, 9.17) is 5.11 Å². The fraction of sp³-hybridized carbons (Fsp3) is 1.00. The minimum atomic E-state index is 0.305. The minimum absolute atomic E-state index is 0.305. The van der Waals surface area contributed by atoms with Crippen LogP contribution in [0.25, 0.3) is 0 Å². The van der Waals surface area contributed by atoms with Gasteiger partial charge in [0.05, 0.1) is 0 Å². The molecular weight excluding hydrogens is 220 g/mol. The molecule has 0 aliphatic rings. The second kappa shape index (κ2) is 9.56. The number of hydrogen-bond acceptors (Lipinski definition) is 4. The van der Waals surface area contributed by atoms with Gasteiger partial charge < -0.3 is 5.11 Å². The van der Waals surface area contributed by atoms with Gasteiger partial charge in [0.1, 0.15) is 0 Å². The number of rotatable bonds is 8. The largest absolute Gasteiger partial charge is 0.396 e. The van der Waals surface area contributed by atoms with Gasteiger partial charge in [0, 0.05) is 11.9 Å². The van der Waals surface area contributed by atoms with E-state index < -0.39 is 0 Å². The Balaban J connectivity index is 3.42. The molecule has 0 aromatic heterocycles. The van der Waals surface area contributed by atoms with E-state index in [1.807, 2.05) is 0 Å². The quantitative estimate of drug-likeness (QED) is 0.379. The summed E-state index contributed by atoms with van der Waals surface area (Å²) in [6, 6.07) is 0. The Kier molecular flexibility index (Phi) is 10.3. The lowest BCUT2D eigenvalue weighted by atomic mass is 10.0. The molecule has 0 aromatic rings. The number of aliphatic hydroxyl groups is 1. The lowest BCUT2D eigenvalue weighted by Crippen LogP contribution is -2.18. The Morgan fingerprint density at radius 2 is 1.62 bits per heavy atom. The lowest BCUT2D eigenvalue weighted by molar-refractivity contribution is 0.282. The molecule has 0 heterocycles. The Labute approximate surface area is 97.9 Å². The van der Waals surface area contributed by atoms with Crippen LogP contribution in [0.3, 0.4) is 0 Å². The van der Waals surface area contributed by atoms with Gasteiger partial charge in [-0.1, -0.05) is 12.8 Å². The molecule has 80 valence electrons. The van der Waals surface area contributed by atoms with Gasteiger partial charge in [0.2, 0.25) is 0 Å². The zero-order valence-electron chi connectivity index (χ0n) is 7.89. The molecule has 0 aliphatic heterocycles. The highest BCUT2D eigenvalue weighted by molar-refractivity contribution is 7.82. The first-order valence-corrected chi connectivity index (χ1v) is 6.55. The van der Waals surface area contributed by atoms with E-state index in [1.54, 1.807) is 0 Å². The van der Waals surface area contributed by atoms with Crippen molar-refractivity contribution in [2.75, 3.05) is 18.1 Å². The van der Waals surface area contributed by atoms with Gasteiger partial charge in [-0.2, -0.15) is 37.9 Å². The normalized spacial score (nSPS) is 13.6. The molecule has 0 aromatic carbocycles. The summed E-state index contributed by atoms with van der Waals surface area (Å²) in [6.07, 6.45) is 4.26. The van der Waals surface area contributed by atoms with Crippen molar-refractivity contribution < 1.29 is 5.11 Å². The SMILES string of the molecule is OCCCCCC(S)C(CS)CS. The Morgan fingerprint density at radius 3 is 2.08 bits per heavy atom. The monoisotopic (exact) mass is 240 g/mol. The summed E-state index contributed by atoms with van der Waals surface area (Å²) in [4.78, 5) is 0. The zero-order valence-corrected chi connectivity index (χ0v) is 10.6. The number of unbranched alkanes of at least 4 members (excludes halogenated alkanes) is 2. The van der Waals surface area contributed by atoms with Gasteiger partial charge in [0.15, 0.2) is 0 Å². The molecule has 0 fully saturated rings. The van der Waals surface area contributed by atoms with Gasteiger partial charge in [-0.3, -0.25) is 0 Å². The standard InChI is InChI=1S/C9H20OS3/c10-5-3-1-2-4-9(13)8(6-11)7-12/h8-13H,1-7H2. The van der Waals surface area contributed by atoms with E-state index in [2.05, 4.69) is 37.9 Å². The zero-order chi connectivity index (χ0) is 10.1. The van der Waals surface area contributed by atoms with E-state index >= 15 is 0 Å². The summed E-state index contributed by atoms with van der Waals surface area (Å²) in [7, 11) is 0. The number of aliphatic hydroxyl groups excluding tert-OH is 1. The third-order valence-electron chi connectivity index (χ3n) is 2.17. The molecule has 0 rings (SSSR count). The summed E-state index contributed by atoms with van der Waals surface area (Å²) in [6.45, 7) is 0.305. The van der Waals surface area contributed by atoms with Crippen LogP contribution in [0.4, 0.5) is 0 Å². The Bertz CT molecular complexity index is 107. The molecule has 0 aliphatic carbocycles. The fourth-order valence-electron chi connectivity index (χ4n) is 1.18. The summed E-state index contributed by atoms with van der Waals surface area (Å²) >= 11 is 13.0. The molecule has 1 atom stereocenters. The van der Waals surface area contributed by atoms with Crippen molar-refractivity contribution >= 4 is 37.9 Å². The second-order valence-corrected chi connectivity index (χ2v) is 4.66. The predicted molar refractivity (Wildman–Crippen MR) is 69.5 cm³/mol. The topological polar surface area (TPSA) is 20.2 Å². The van der Waals surface area contributed by atoms with Gasteiger partial charge in [-0.25, -0.2) is 0 Å². The molecule has 0 bridgehead atoms. The first kappa shape index (κ1) is 14.0. The number of hydrogen-bond donors (Lipinski definition) is 4. The van der Waals surface area contributed by atoms with E-state index in [0.29, 0.717) is 17.8 Å². The third kappa shape index (κ3) is 7.00. The molecule has 0 radical (unpaired) electrons. The van der Waals surface area contributed by atoms with Crippen LogP contribution in [0.15, 0.2) is 0 Å². The van der Waals surface area contributed by atoms with E-state index in [9.17, 15) is 0 Å². The van der Waals surface area contributed by atoms with Crippen LogP contribution >= 0.6 is 37.9 Å². The van der Waals surface area contributed by atoms with Crippen LogP contribution in [0, 0.1) is 5.92 Å². The maximum absolute atomic E-state index is 8.59. The summed E-state index contributed by atoms with van der Waals surface area (Å²) < 4.78 is 0. The van der Waals surface area contributed by atoms with E-state index in [1.165, 1.54) is 0 Å². The Morgan fingerprint density at radius 1 is 1.00 bits per heavy atom. The van der Waals surface area contributed by atoms with Gasteiger partial charge in [0.25, 0.3) is 0 Å². The van der Waals surface area contributed by atoms with Crippen molar-refractivity contribution in [3.8, 4) is 0 Å². The van der Waals surface area contributed by atoms with Crippen LogP contribution in [-0.2, 0) is 0 Å². The van der Waals surface area contributed by atoms with Crippen molar-refractivity contribution in [1.82, 2.24) is 0 Å². The van der Waals surface area contributed by atoms with Gasteiger partial charge in [-0.15, -0.1) is 0 Å². The molecule has 0 saturated heterocycles. The second-order valence-electron chi connectivity index (χ2n) is 3.27. The smallest absolute Gasteiger partial charge is 0.0431 e. The summed E-state index contributed by atoms with van der Waals surface area (Å²) in [5.74, 6) is 2.22. The summed E-state index contributed by atoms with van der Waals surface area (Å²) in [5, 5.41) is 9.00.